The second-order valence-corrected chi connectivity index (χ2v) is 9.16. The number of hydrogen-bond donors (Lipinski definition) is 0. The van der Waals surface area contributed by atoms with Crippen LogP contribution in [0.2, 0.25) is 0 Å². The van der Waals surface area contributed by atoms with E-state index in [1.54, 1.807) is 18.6 Å². The summed E-state index contributed by atoms with van der Waals surface area (Å²) in [6, 6.07) is 26.8. The van der Waals surface area contributed by atoms with E-state index in [4.69, 9.17) is 8.83 Å². The van der Waals surface area contributed by atoms with Crippen LogP contribution >= 0.6 is 0 Å². The second kappa shape index (κ2) is 8.08. The van der Waals surface area contributed by atoms with Gasteiger partial charge in [-0.3, -0.25) is 15.0 Å². The molecule has 0 aliphatic rings. The van der Waals surface area contributed by atoms with Gasteiger partial charge in [0.1, 0.15) is 11.0 Å². The zero-order valence-electron chi connectivity index (χ0n) is 20.0. The monoisotopic (exact) mass is 490 g/mol. The van der Waals surface area contributed by atoms with Crippen LogP contribution in [0.4, 0.5) is 0 Å². The number of fused-ring (bicyclic) bond motifs is 6. The first-order chi connectivity index (χ1) is 18.8. The van der Waals surface area contributed by atoms with Crippen molar-refractivity contribution >= 4 is 44.3 Å². The van der Waals surface area contributed by atoms with Gasteiger partial charge >= 0.3 is 0 Å². The Morgan fingerprint density at radius 2 is 1.08 bits per heavy atom. The molecule has 6 heteroatoms. The summed E-state index contributed by atoms with van der Waals surface area (Å²) in [7, 11) is 0. The van der Waals surface area contributed by atoms with E-state index in [-0.39, 0.29) is 0 Å². The lowest BCUT2D eigenvalue weighted by atomic mass is 9.98. The van der Waals surface area contributed by atoms with E-state index < -0.39 is 0 Å². The normalized spacial score (nSPS) is 11.7. The Bertz CT molecular complexity index is 1970. The molecule has 0 fully saturated rings. The van der Waals surface area contributed by atoms with E-state index in [1.807, 2.05) is 42.7 Å². The highest BCUT2D eigenvalue weighted by molar-refractivity contribution is 6.07. The predicted octanol–water partition coefficient (Wildman–Crippen LogP) is 8.07. The van der Waals surface area contributed by atoms with Gasteiger partial charge in [-0.15, -0.1) is 0 Å². The molecule has 0 N–H and O–H groups in total. The molecule has 0 radical (unpaired) electrons. The highest BCUT2D eigenvalue weighted by atomic mass is 16.3. The fraction of sp³-hybridized carbons (Fsp3) is 0. The zero-order valence-corrected chi connectivity index (χ0v) is 20.0. The zero-order chi connectivity index (χ0) is 25.1. The van der Waals surface area contributed by atoms with Crippen LogP contribution < -0.4 is 0 Å². The van der Waals surface area contributed by atoms with Gasteiger partial charge in [-0.05, 0) is 52.6 Å². The summed E-state index contributed by atoms with van der Waals surface area (Å²) in [6.07, 6.45) is 8.87. The van der Waals surface area contributed by atoms with Gasteiger partial charge < -0.3 is 8.83 Å². The first-order valence-electron chi connectivity index (χ1n) is 12.3. The molecule has 0 aliphatic carbocycles. The number of hydrogen-bond acceptors (Lipinski definition) is 6. The summed E-state index contributed by atoms with van der Waals surface area (Å²) in [5, 5.41) is 1.89. The fourth-order valence-electron chi connectivity index (χ4n) is 5.14. The van der Waals surface area contributed by atoms with Crippen LogP contribution in [0.15, 0.2) is 119 Å². The van der Waals surface area contributed by atoms with E-state index in [0.717, 1.165) is 71.9 Å². The summed E-state index contributed by atoms with van der Waals surface area (Å²) < 4.78 is 12.2. The number of nitrogens with zero attached hydrogens (tertiary/aromatic N) is 4. The molecule has 8 rings (SSSR count). The highest BCUT2D eigenvalue weighted by Gasteiger charge is 2.15. The van der Waals surface area contributed by atoms with Gasteiger partial charge in [0, 0.05) is 41.3 Å². The molecule has 0 unspecified atom stereocenters. The third-order valence-electron chi connectivity index (χ3n) is 7.01. The van der Waals surface area contributed by atoms with Gasteiger partial charge in [0.05, 0.1) is 11.6 Å². The van der Waals surface area contributed by atoms with Crippen molar-refractivity contribution in [1.82, 2.24) is 19.9 Å². The predicted molar refractivity (Wildman–Crippen MR) is 148 cm³/mol. The molecule has 0 atom stereocenters. The maximum atomic E-state index is 6.12. The Hall–Kier alpha value is -5.36. The summed E-state index contributed by atoms with van der Waals surface area (Å²) in [4.78, 5) is 17.6. The first-order valence-corrected chi connectivity index (χ1v) is 12.3. The minimum Gasteiger partial charge on any atom is -0.452 e. The number of rotatable bonds is 3. The maximum Gasteiger partial charge on any atom is 0.228 e. The van der Waals surface area contributed by atoms with E-state index >= 15 is 0 Å². The van der Waals surface area contributed by atoms with Crippen molar-refractivity contribution in [3.8, 4) is 33.4 Å². The molecule has 8 aromatic rings. The third-order valence-corrected chi connectivity index (χ3v) is 7.01. The van der Waals surface area contributed by atoms with Crippen molar-refractivity contribution < 1.29 is 8.83 Å². The van der Waals surface area contributed by atoms with E-state index in [0.29, 0.717) is 5.71 Å². The van der Waals surface area contributed by atoms with E-state index in [2.05, 4.69) is 68.5 Å². The quantitative estimate of drug-likeness (QED) is 0.249. The molecule has 178 valence electrons. The Kier molecular flexibility index (Phi) is 4.42. The van der Waals surface area contributed by atoms with E-state index in [1.165, 1.54) is 0 Å². The van der Waals surface area contributed by atoms with Gasteiger partial charge in [0.15, 0.2) is 16.7 Å². The van der Waals surface area contributed by atoms with Gasteiger partial charge in [-0.2, -0.15) is 0 Å². The molecule has 0 spiro atoms. The summed E-state index contributed by atoms with van der Waals surface area (Å²) >= 11 is 0. The van der Waals surface area contributed by atoms with Crippen LogP contribution in [0.1, 0.15) is 0 Å². The van der Waals surface area contributed by atoms with Crippen LogP contribution in [0.5, 0.6) is 0 Å². The van der Waals surface area contributed by atoms with Crippen LogP contribution in [0.3, 0.4) is 0 Å². The van der Waals surface area contributed by atoms with Crippen molar-refractivity contribution in [2.75, 3.05) is 0 Å². The molecule has 6 aromatic heterocycles. The van der Waals surface area contributed by atoms with Gasteiger partial charge in [0.25, 0.3) is 0 Å². The molecule has 6 heterocycles. The summed E-state index contributed by atoms with van der Waals surface area (Å²) in [5.74, 6) is 0. The van der Waals surface area contributed by atoms with Crippen LogP contribution in [0.25, 0.3) is 77.6 Å². The minimum atomic E-state index is 0.602. The van der Waals surface area contributed by atoms with Gasteiger partial charge in [-0.25, -0.2) is 4.98 Å². The lowest BCUT2D eigenvalue weighted by molar-refractivity contribution is 0.654. The van der Waals surface area contributed by atoms with Crippen molar-refractivity contribution in [2.45, 2.75) is 0 Å². The molecule has 0 aliphatic heterocycles. The van der Waals surface area contributed by atoms with Crippen LogP contribution in [0, 0.1) is 0 Å². The highest BCUT2D eigenvalue weighted by Crippen LogP contribution is 2.36. The minimum absolute atomic E-state index is 0.602. The Labute approximate surface area is 216 Å². The van der Waals surface area contributed by atoms with Crippen molar-refractivity contribution in [3.05, 3.63) is 110 Å². The molecular weight excluding hydrogens is 472 g/mol. The first kappa shape index (κ1) is 20.8. The average molecular weight is 491 g/mol. The molecule has 0 saturated carbocycles. The Morgan fingerprint density at radius 1 is 0.474 bits per heavy atom. The smallest absolute Gasteiger partial charge is 0.228 e. The second-order valence-electron chi connectivity index (χ2n) is 9.16. The third kappa shape index (κ3) is 3.14. The Morgan fingerprint density at radius 3 is 1.76 bits per heavy atom. The largest absolute Gasteiger partial charge is 0.452 e. The van der Waals surface area contributed by atoms with Crippen molar-refractivity contribution in [1.29, 1.82) is 0 Å². The van der Waals surface area contributed by atoms with E-state index in [9.17, 15) is 0 Å². The van der Waals surface area contributed by atoms with Gasteiger partial charge in [-0.1, -0.05) is 48.5 Å². The number of aromatic nitrogens is 4. The number of benzene rings is 2. The fourth-order valence-corrected chi connectivity index (χ4v) is 5.14. The summed E-state index contributed by atoms with van der Waals surface area (Å²) in [5.41, 5.74) is 11.0. The molecule has 0 amide bonds. The number of pyridine rings is 4. The number of furan rings is 2. The van der Waals surface area contributed by atoms with Crippen LogP contribution in [-0.4, -0.2) is 19.9 Å². The molecule has 2 aromatic carbocycles. The molecule has 38 heavy (non-hydrogen) atoms. The van der Waals surface area contributed by atoms with Gasteiger partial charge in [0.2, 0.25) is 5.71 Å². The lowest BCUT2D eigenvalue weighted by Crippen LogP contribution is -1.84. The topological polar surface area (TPSA) is 77.8 Å². The maximum absolute atomic E-state index is 6.12. The van der Waals surface area contributed by atoms with Crippen LogP contribution in [-0.2, 0) is 0 Å². The summed E-state index contributed by atoms with van der Waals surface area (Å²) in [6.45, 7) is 0. The lowest BCUT2D eigenvalue weighted by Gasteiger charge is -2.07. The molecule has 0 bridgehead atoms. The SMILES string of the molecule is c1cnc2oc3c(-c4ccc(-c5ccc(-c6ccnc7c6oc6cnccc67)cc5)cc4)ccnc3c2c1. The van der Waals surface area contributed by atoms with Crippen molar-refractivity contribution in [3.63, 3.8) is 0 Å². The standard InChI is InChI=1S/C32H18N4O2/c1-2-26-29-31(38-32(26)36-14-1)24(13-17-35-29)22-9-5-20(6-10-22)19-3-7-21(8-4-19)23-12-16-34-28-25-11-15-33-18-27(25)37-30(23)28/h1-18H. The average Bonchev–Trinajstić information content (AvgIpc) is 3.56. The molecular formula is C32H18N4O2. The molecule has 0 saturated heterocycles. The van der Waals surface area contributed by atoms with Crippen molar-refractivity contribution in [2.24, 2.45) is 0 Å². The Balaban J connectivity index is 1.14. The molecule has 6 nitrogen and oxygen atoms in total.